The molecule has 1 aliphatic rings. The summed E-state index contributed by atoms with van der Waals surface area (Å²) in [5, 5.41) is 10.2. The summed E-state index contributed by atoms with van der Waals surface area (Å²) in [7, 11) is 0. The van der Waals surface area contributed by atoms with E-state index in [1.165, 1.54) is 0 Å². The molecule has 1 aromatic heterocycles. The minimum atomic E-state index is -0.349. The van der Waals surface area contributed by atoms with Crippen molar-refractivity contribution in [2.45, 2.75) is 19.6 Å². The van der Waals surface area contributed by atoms with Crippen LogP contribution in [0.5, 0.6) is 5.75 Å². The topological polar surface area (TPSA) is 47.3 Å². The normalized spacial score (nSPS) is 16.8. The molecule has 3 aromatic rings. The van der Waals surface area contributed by atoms with Crippen LogP contribution < -0.4 is 4.74 Å². The summed E-state index contributed by atoms with van der Waals surface area (Å²) in [5.41, 5.74) is 4.01. The Morgan fingerprint density at radius 2 is 2.14 bits per heavy atom. The molecule has 112 valence electrons. The number of rotatable bonds is 1. The lowest BCUT2D eigenvalue weighted by Crippen LogP contribution is -2.25. The summed E-state index contributed by atoms with van der Waals surface area (Å²) >= 11 is 6.29. The van der Waals surface area contributed by atoms with E-state index in [2.05, 4.69) is 4.57 Å². The maximum atomic E-state index is 9.62. The first-order valence-electron chi connectivity index (χ1n) is 7.21. The SMILES string of the molecule is Cc1cccc2c1nc1n2CC(CO)Oc2c(Cl)cccc2-1. The molecule has 22 heavy (non-hydrogen) atoms. The van der Waals surface area contributed by atoms with Gasteiger partial charge in [-0.3, -0.25) is 0 Å². The number of para-hydroxylation sites is 2. The lowest BCUT2D eigenvalue weighted by molar-refractivity contribution is 0.106. The van der Waals surface area contributed by atoms with Crippen LogP contribution in [-0.4, -0.2) is 27.4 Å². The van der Waals surface area contributed by atoms with E-state index in [1.54, 1.807) is 6.07 Å². The zero-order valence-corrected chi connectivity index (χ0v) is 12.8. The van der Waals surface area contributed by atoms with Crippen molar-refractivity contribution in [3.05, 3.63) is 47.0 Å². The van der Waals surface area contributed by atoms with Crippen molar-refractivity contribution in [3.8, 4) is 17.1 Å². The van der Waals surface area contributed by atoms with Crippen LogP contribution >= 0.6 is 11.6 Å². The molecule has 5 heteroatoms. The number of nitrogens with zero attached hydrogens (tertiary/aromatic N) is 2. The molecular formula is C17H15ClN2O2. The Balaban J connectivity index is 2.08. The van der Waals surface area contributed by atoms with Crippen molar-refractivity contribution in [3.63, 3.8) is 0 Å². The van der Waals surface area contributed by atoms with Gasteiger partial charge in [0.1, 0.15) is 17.7 Å². The quantitative estimate of drug-likeness (QED) is 0.748. The van der Waals surface area contributed by atoms with E-state index in [0.29, 0.717) is 17.3 Å². The predicted molar refractivity (Wildman–Crippen MR) is 86.4 cm³/mol. The van der Waals surface area contributed by atoms with Crippen LogP contribution in [0, 0.1) is 6.92 Å². The van der Waals surface area contributed by atoms with Gasteiger partial charge in [-0.05, 0) is 30.7 Å². The molecular weight excluding hydrogens is 300 g/mol. The van der Waals surface area contributed by atoms with Gasteiger partial charge in [0.25, 0.3) is 0 Å². The fourth-order valence-corrected chi connectivity index (χ4v) is 3.20. The van der Waals surface area contributed by atoms with Crippen LogP contribution in [0.2, 0.25) is 5.02 Å². The minimum Gasteiger partial charge on any atom is -0.484 e. The fraction of sp³-hybridized carbons (Fsp3) is 0.235. The van der Waals surface area contributed by atoms with Gasteiger partial charge in [0.05, 0.1) is 34.8 Å². The molecule has 4 nitrogen and oxygen atoms in total. The highest BCUT2D eigenvalue weighted by Crippen LogP contribution is 2.40. The number of aliphatic hydroxyl groups excluding tert-OH is 1. The highest BCUT2D eigenvalue weighted by Gasteiger charge is 2.26. The Labute approximate surface area is 132 Å². The van der Waals surface area contributed by atoms with E-state index < -0.39 is 0 Å². The van der Waals surface area contributed by atoms with Crippen molar-refractivity contribution in [1.82, 2.24) is 9.55 Å². The van der Waals surface area contributed by atoms with E-state index in [4.69, 9.17) is 21.3 Å². The van der Waals surface area contributed by atoms with Gasteiger partial charge in [-0.1, -0.05) is 29.8 Å². The van der Waals surface area contributed by atoms with Crippen molar-refractivity contribution < 1.29 is 9.84 Å². The van der Waals surface area contributed by atoms with Crippen LogP contribution in [0.3, 0.4) is 0 Å². The fourth-order valence-electron chi connectivity index (χ4n) is 2.98. The summed E-state index contributed by atoms with van der Waals surface area (Å²) in [4.78, 5) is 4.81. The molecule has 0 aliphatic carbocycles. The predicted octanol–water partition coefficient (Wildman–Crippen LogP) is 3.42. The molecule has 0 amide bonds. The summed E-state index contributed by atoms with van der Waals surface area (Å²) in [6.45, 7) is 2.51. The third-order valence-electron chi connectivity index (χ3n) is 4.06. The van der Waals surface area contributed by atoms with Crippen molar-refractivity contribution in [2.24, 2.45) is 0 Å². The number of imidazole rings is 1. The number of aromatic nitrogens is 2. The van der Waals surface area contributed by atoms with E-state index in [9.17, 15) is 5.11 Å². The Bertz CT molecular complexity index is 872. The number of halogens is 1. The third kappa shape index (κ3) is 1.91. The van der Waals surface area contributed by atoms with Crippen LogP contribution in [0.4, 0.5) is 0 Å². The third-order valence-corrected chi connectivity index (χ3v) is 4.36. The standard InChI is InChI=1S/C17H15ClN2O2/c1-10-4-2-7-14-15(10)19-17-12-5-3-6-13(18)16(12)22-11(9-21)8-20(14)17/h2-7,11,21H,8-9H2,1H3. The second-order valence-corrected chi connectivity index (χ2v) is 5.93. The highest BCUT2D eigenvalue weighted by molar-refractivity contribution is 6.32. The maximum absolute atomic E-state index is 9.62. The molecule has 0 radical (unpaired) electrons. The molecule has 1 N–H and O–H groups in total. The summed E-state index contributed by atoms with van der Waals surface area (Å²) in [6, 6.07) is 11.7. The first-order valence-corrected chi connectivity index (χ1v) is 7.59. The van der Waals surface area contributed by atoms with Crippen molar-refractivity contribution in [1.29, 1.82) is 0 Å². The number of hydrogen-bond donors (Lipinski definition) is 1. The monoisotopic (exact) mass is 314 g/mol. The average Bonchev–Trinajstić information content (AvgIpc) is 2.79. The highest BCUT2D eigenvalue weighted by atomic mass is 35.5. The number of hydrogen-bond acceptors (Lipinski definition) is 3. The Morgan fingerprint density at radius 3 is 2.95 bits per heavy atom. The van der Waals surface area contributed by atoms with Crippen LogP contribution in [-0.2, 0) is 6.54 Å². The lowest BCUT2D eigenvalue weighted by Gasteiger charge is -2.16. The molecule has 0 spiro atoms. The molecule has 0 saturated heterocycles. The van der Waals surface area contributed by atoms with E-state index in [0.717, 1.165) is 28.0 Å². The second-order valence-electron chi connectivity index (χ2n) is 5.53. The molecule has 2 heterocycles. The molecule has 1 aliphatic heterocycles. The Kier molecular flexibility index (Phi) is 3.10. The summed E-state index contributed by atoms with van der Waals surface area (Å²) in [5.74, 6) is 1.42. The van der Waals surface area contributed by atoms with Gasteiger partial charge in [0.15, 0.2) is 0 Å². The zero-order valence-electron chi connectivity index (χ0n) is 12.1. The number of fused-ring (bicyclic) bond motifs is 5. The minimum absolute atomic E-state index is 0.0738. The summed E-state index contributed by atoms with van der Waals surface area (Å²) < 4.78 is 8.02. The van der Waals surface area contributed by atoms with Gasteiger partial charge in [-0.15, -0.1) is 0 Å². The number of ether oxygens (including phenoxy) is 1. The zero-order chi connectivity index (χ0) is 15.3. The van der Waals surface area contributed by atoms with Crippen LogP contribution in [0.15, 0.2) is 36.4 Å². The largest absolute Gasteiger partial charge is 0.484 e. The van der Waals surface area contributed by atoms with E-state index in [1.807, 2.05) is 37.3 Å². The van der Waals surface area contributed by atoms with E-state index in [-0.39, 0.29) is 12.7 Å². The Morgan fingerprint density at radius 1 is 1.32 bits per heavy atom. The number of aliphatic hydroxyl groups is 1. The van der Waals surface area contributed by atoms with Gasteiger partial charge in [-0.25, -0.2) is 4.98 Å². The molecule has 1 atom stereocenters. The molecule has 0 saturated carbocycles. The molecule has 4 rings (SSSR count). The molecule has 0 fully saturated rings. The lowest BCUT2D eigenvalue weighted by atomic mass is 10.2. The van der Waals surface area contributed by atoms with Gasteiger partial charge in [-0.2, -0.15) is 0 Å². The van der Waals surface area contributed by atoms with Crippen molar-refractivity contribution >= 4 is 22.6 Å². The van der Waals surface area contributed by atoms with E-state index >= 15 is 0 Å². The maximum Gasteiger partial charge on any atom is 0.149 e. The van der Waals surface area contributed by atoms with Crippen LogP contribution in [0.1, 0.15) is 5.56 Å². The van der Waals surface area contributed by atoms with Gasteiger partial charge in [0, 0.05) is 0 Å². The average molecular weight is 315 g/mol. The van der Waals surface area contributed by atoms with Crippen molar-refractivity contribution in [2.75, 3.05) is 6.61 Å². The number of benzene rings is 2. The molecule has 1 unspecified atom stereocenters. The van der Waals surface area contributed by atoms with Gasteiger partial charge < -0.3 is 14.4 Å². The smallest absolute Gasteiger partial charge is 0.149 e. The first kappa shape index (κ1) is 13.6. The molecule has 0 bridgehead atoms. The summed E-state index contributed by atoms with van der Waals surface area (Å²) in [6.07, 6.45) is -0.349. The Hall–Kier alpha value is -2.04. The van der Waals surface area contributed by atoms with Gasteiger partial charge in [0.2, 0.25) is 0 Å². The first-order chi connectivity index (χ1) is 10.7. The molecule has 2 aromatic carbocycles. The second kappa shape index (κ2) is 5.00. The van der Waals surface area contributed by atoms with Gasteiger partial charge >= 0.3 is 0 Å². The van der Waals surface area contributed by atoms with Crippen LogP contribution in [0.25, 0.3) is 22.4 Å². The number of aryl methyl sites for hydroxylation is 1.